The van der Waals surface area contributed by atoms with Gasteiger partial charge in [-0.2, -0.15) is 0 Å². The number of carbonyl (C=O) groups is 1. The van der Waals surface area contributed by atoms with E-state index < -0.39 is 0 Å². The highest BCUT2D eigenvalue weighted by molar-refractivity contribution is 5.77. The lowest BCUT2D eigenvalue weighted by molar-refractivity contribution is -0.917. The van der Waals surface area contributed by atoms with E-state index in [9.17, 15) is 9.18 Å². The number of rotatable bonds is 6. The molecular weight excluding hydrogens is 327 g/mol. The summed E-state index contributed by atoms with van der Waals surface area (Å²) in [5.74, 6) is -0.0915. The Morgan fingerprint density at radius 2 is 1.85 bits per heavy atom. The number of halogens is 1. The lowest BCUT2D eigenvalue weighted by Gasteiger charge is -2.27. The summed E-state index contributed by atoms with van der Waals surface area (Å²) in [6.45, 7) is 1.26. The SMILES string of the molecule is O=C(C[NH+](Cc1ccc(F)cc1)C1CC1)N[C@@H]1CCCc2ccccc21. The molecule has 0 spiro atoms. The van der Waals surface area contributed by atoms with E-state index in [0.29, 0.717) is 12.6 Å². The Bertz CT molecular complexity index is 770. The van der Waals surface area contributed by atoms with Crippen LogP contribution >= 0.6 is 0 Å². The van der Waals surface area contributed by atoms with Crippen LogP contribution in [0, 0.1) is 5.82 Å². The summed E-state index contributed by atoms with van der Waals surface area (Å²) in [6.07, 6.45) is 5.59. The summed E-state index contributed by atoms with van der Waals surface area (Å²) in [5, 5.41) is 3.26. The number of benzene rings is 2. The average Bonchev–Trinajstić information content (AvgIpc) is 3.48. The summed E-state index contributed by atoms with van der Waals surface area (Å²) in [4.78, 5) is 14.0. The predicted molar refractivity (Wildman–Crippen MR) is 99.2 cm³/mol. The van der Waals surface area contributed by atoms with Gasteiger partial charge in [0, 0.05) is 18.4 Å². The van der Waals surface area contributed by atoms with Gasteiger partial charge in [-0.05, 0) is 42.5 Å². The molecule has 0 bridgehead atoms. The number of amides is 1. The Balaban J connectivity index is 1.39. The molecule has 0 heterocycles. The van der Waals surface area contributed by atoms with Crippen molar-refractivity contribution in [1.82, 2.24) is 5.32 Å². The minimum absolute atomic E-state index is 0.121. The average molecular weight is 353 g/mol. The van der Waals surface area contributed by atoms with Crippen LogP contribution < -0.4 is 10.2 Å². The molecule has 1 saturated carbocycles. The molecule has 1 fully saturated rings. The number of fused-ring (bicyclic) bond motifs is 1. The second kappa shape index (κ2) is 7.58. The quantitative estimate of drug-likeness (QED) is 0.822. The predicted octanol–water partition coefficient (Wildman–Crippen LogP) is 2.57. The second-order valence-electron chi connectivity index (χ2n) is 7.62. The molecule has 3 nitrogen and oxygen atoms in total. The van der Waals surface area contributed by atoms with Crippen molar-refractivity contribution in [2.45, 2.75) is 50.7 Å². The molecule has 0 radical (unpaired) electrons. The molecule has 4 heteroatoms. The monoisotopic (exact) mass is 353 g/mol. The molecule has 2 aliphatic carbocycles. The van der Waals surface area contributed by atoms with Crippen LogP contribution in [-0.2, 0) is 17.8 Å². The second-order valence-corrected chi connectivity index (χ2v) is 7.62. The van der Waals surface area contributed by atoms with Gasteiger partial charge in [0.15, 0.2) is 6.54 Å². The highest BCUT2D eigenvalue weighted by atomic mass is 19.1. The van der Waals surface area contributed by atoms with E-state index in [1.54, 1.807) is 0 Å². The molecule has 2 N–H and O–H groups in total. The molecule has 136 valence electrons. The number of hydrogen-bond donors (Lipinski definition) is 2. The molecular formula is C22H26FN2O+. The standard InChI is InChI=1S/C22H25FN2O/c23-18-10-8-16(9-11-18)14-25(19-12-13-19)15-22(26)24-21-7-3-5-17-4-1-2-6-20(17)21/h1-2,4,6,8-11,19,21H,3,5,7,12-15H2,(H,24,26)/p+1/t21-/m1/s1. The first-order valence-electron chi connectivity index (χ1n) is 9.65. The van der Waals surface area contributed by atoms with E-state index in [1.807, 2.05) is 12.1 Å². The number of carbonyl (C=O) groups excluding carboxylic acids is 1. The van der Waals surface area contributed by atoms with Gasteiger partial charge in [0.1, 0.15) is 12.4 Å². The number of nitrogens with one attached hydrogen (secondary N) is 2. The van der Waals surface area contributed by atoms with Gasteiger partial charge < -0.3 is 10.2 Å². The number of aryl methyl sites for hydroxylation is 1. The third-order valence-electron chi connectivity index (χ3n) is 5.59. The molecule has 2 aromatic carbocycles. The van der Waals surface area contributed by atoms with Crippen LogP contribution in [0.5, 0.6) is 0 Å². The van der Waals surface area contributed by atoms with Crippen LogP contribution in [0.15, 0.2) is 48.5 Å². The van der Waals surface area contributed by atoms with Gasteiger partial charge in [0.25, 0.3) is 5.91 Å². The van der Waals surface area contributed by atoms with Crippen LogP contribution in [0.2, 0.25) is 0 Å². The van der Waals surface area contributed by atoms with Crippen LogP contribution in [0.25, 0.3) is 0 Å². The first kappa shape index (κ1) is 17.2. The normalized spacial score (nSPS) is 20.3. The maximum Gasteiger partial charge on any atom is 0.275 e. The lowest BCUT2D eigenvalue weighted by Crippen LogP contribution is -3.13. The van der Waals surface area contributed by atoms with E-state index in [-0.39, 0.29) is 17.8 Å². The highest BCUT2D eigenvalue weighted by Crippen LogP contribution is 2.29. The fraction of sp³-hybridized carbons (Fsp3) is 0.409. The Kier molecular flexibility index (Phi) is 5.02. The van der Waals surface area contributed by atoms with Crippen LogP contribution in [-0.4, -0.2) is 18.5 Å². The maximum atomic E-state index is 13.1. The molecule has 1 unspecified atom stereocenters. The van der Waals surface area contributed by atoms with Gasteiger partial charge in [-0.3, -0.25) is 4.79 Å². The number of quaternary nitrogens is 1. The summed E-state index contributed by atoms with van der Waals surface area (Å²) in [5.41, 5.74) is 3.73. The first-order chi connectivity index (χ1) is 12.7. The van der Waals surface area contributed by atoms with E-state index in [2.05, 4.69) is 29.6 Å². The van der Waals surface area contributed by atoms with Crippen molar-refractivity contribution in [2.75, 3.05) is 6.54 Å². The Hall–Kier alpha value is -2.20. The van der Waals surface area contributed by atoms with Gasteiger partial charge in [-0.25, -0.2) is 4.39 Å². The van der Waals surface area contributed by atoms with Crippen molar-refractivity contribution in [3.05, 3.63) is 71.0 Å². The number of hydrogen-bond acceptors (Lipinski definition) is 1. The molecule has 0 aromatic heterocycles. The van der Waals surface area contributed by atoms with E-state index in [1.165, 1.54) is 41.0 Å². The summed E-state index contributed by atoms with van der Waals surface area (Å²) < 4.78 is 13.1. The Labute approximate surface area is 154 Å². The van der Waals surface area contributed by atoms with Gasteiger partial charge in [0.2, 0.25) is 0 Å². The summed E-state index contributed by atoms with van der Waals surface area (Å²) >= 11 is 0. The zero-order valence-corrected chi connectivity index (χ0v) is 15.0. The van der Waals surface area contributed by atoms with Crippen molar-refractivity contribution in [3.63, 3.8) is 0 Å². The van der Waals surface area contributed by atoms with Crippen LogP contribution in [0.1, 0.15) is 48.4 Å². The van der Waals surface area contributed by atoms with Gasteiger partial charge in [0.05, 0.1) is 12.1 Å². The minimum atomic E-state index is -0.213. The smallest absolute Gasteiger partial charge is 0.275 e. The largest absolute Gasteiger partial charge is 0.344 e. The Morgan fingerprint density at radius 1 is 1.08 bits per heavy atom. The van der Waals surface area contributed by atoms with Crippen molar-refractivity contribution in [3.8, 4) is 0 Å². The van der Waals surface area contributed by atoms with Crippen molar-refractivity contribution in [2.24, 2.45) is 0 Å². The van der Waals surface area contributed by atoms with Crippen molar-refractivity contribution in [1.29, 1.82) is 0 Å². The lowest BCUT2D eigenvalue weighted by atomic mass is 9.88. The van der Waals surface area contributed by atoms with Gasteiger partial charge in [-0.1, -0.05) is 36.4 Å². The van der Waals surface area contributed by atoms with E-state index >= 15 is 0 Å². The van der Waals surface area contributed by atoms with E-state index in [4.69, 9.17) is 0 Å². The van der Waals surface area contributed by atoms with Crippen LogP contribution in [0.3, 0.4) is 0 Å². The van der Waals surface area contributed by atoms with Crippen molar-refractivity contribution >= 4 is 5.91 Å². The molecule has 2 aromatic rings. The Morgan fingerprint density at radius 3 is 2.62 bits per heavy atom. The zero-order valence-electron chi connectivity index (χ0n) is 15.0. The minimum Gasteiger partial charge on any atom is -0.344 e. The summed E-state index contributed by atoms with van der Waals surface area (Å²) in [7, 11) is 0. The topological polar surface area (TPSA) is 33.5 Å². The van der Waals surface area contributed by atoms with Crippen molar-refractivity contribution < 1.29 is 14.1 Å². The van der Waals surface area contributed by atoms with E-state index in [0.717, 1.165) is 31.4 Å². The third-order valence-corrected chi connectivity index (χ3v) is 5.59. The van der Waals surface area contributed by atoms with Gasteiger partial charge in [-0.15, -0.1) is 0 Å². The fourth-order valence-corrected chi connectivity index (χ4v) is 4.06. The zero-order chi connectivity index (χ0) is 17.9. The molecule has 0 aliphatic heterocycles. The summed E-state index contributed by atoms with van der Waals surface area (Å²) in [6, 6.07) is 15.8. The molecule has 4 rings (SSSR count). The first-order valence-corrected chi connectivity index (χ1v) is 9.65. The molecule has 26 heavy (non-hydrogen) atoms. The molecule has 2 atom stereocenters. The highest BCUT2D eigenvalue weighted by Gasteiger charge is 2.35. The maximum absolute atomic E-state index is 13.1. The fourth-order valence-electron chi connectivity index (χ4n) is 4.06. The third kappa shape index (κ3) is 4.13. The molecule has 2 aliphatic rings. The molecule has 1 amide bonds. The van der Waals surface area contributed by atoms with Gasteiger partial charge >= 0.3 is 0 Å². The molecule has 0 saturated heterocycles. The van der Waals surface area contributed by atoms with Crippen LogP contribution in [0.4, 0.5) is 4.39 Å².